The van der Waals surface area contributed by atoms with Crippen LogP contribution in [0.15, 0.2) is 0 Å². The van der Waals surface area contributed by atoms with Crippen LogP contribution >= 0.6 is 0 Å². The molecule has 1 aliphatic rings. The number of carboxylic acid groups (broad SMARTS) is 1. The minimum Gasteiger partial charge on any atom is -0.481 e. The van der Waals surface area contributed by atoms with Crippen molar-refractivity contribution in [3.05, 3.63) is 0 Å². The average Bonchev–Trinajstić information content (AvgIpc) is 2.76. The number of hydrogen-bond donors (Lipinski definition) is 2. The van der Waals surface area contributed by atoms with Crippen molar-refractivity contribution in [2.24, 2.45) is 17.8 Å². The van der Waals surface area contributed by atoms with Crippen LogP contribution in [0.25, 0.3) is 0 Å². The van der Waals surface area contributed by atoms with Gasteiger partial charge in [0.05, 0.1) is 5.92 Å². The first-order chi connectivity index (χ1) is 8.81. The Morgan fingerprint density at radius 3 is 2.26 bits per heavy atom. The zero-order chi connectivity index (χ0) is 14.6. The number of carbonyl (C=O) groups is 2. The summed E-state index contributed by atoms with van der Waals surface area (Å²) in [5.41, 5.74) is 0. The number of nitrogens with one attached hydrogen (secondary N) is 1. The molecule has 0 aromatic heterocycles. The molecule has 5 nitrogen and oxygen atoms in total. The van der Waals surface area contributed by atoms with Crippen LogP contribution in [-0.2, 0) is 9.59 Å². The third-order valence-corrected chi connectivity index (χ3v) is 3.85. The van der Waals surface area contributed by atoms with Crippen LogP contribution in [-0.4, -0.2) is 48.6 Å². The molecule has 0 aromatic carbocycles. The lowest BCUT2D eigenvalue weighted by atomic mass is 10.0. The number of likely N-dealkylation sites (N-methyl/N-ethyl adjacent to an activating group) is 1. The zero-order valence-electron chi connectivity index (χ0n) is 12.3. The van der Waals surface area contributed by atoms with Gasteiger partial charge in [-0.25, -0.2) is 0 Å². The van der Waals surface area contributed by atoms with Crippen LogP contribution in [0.3, 0.4) is 0 Å². The predicted octanol–water partition coefficient (Wildman–Crippen LogP) is 1.19. The molecule has 19 heavy (non-hydrogen) atoms. The Morgan fingerprint density at radius 1 is 1.26 bits per heavy atom. The Morgan fingerprint density at radius 2 is 1.84 bits per heavy atom. The molecule has 0 spiro atoms. The molecule has 0 heterocycles. The lowest BCUT2D eigenvalue weighted by Gasteiger charge is -2.27. The summed E-state index contributed by atoms with van der Waals surface area (Å²) in [6.07, 6.45) is 1.79. The van der Waals surface area contributed by atoms with Crippen LogP contribution in [0, 0.1) is 17.8 Å². The molecule has 3 atom stereocenters. The van der Waals surface area contributed by atoms with Gasteiger partial charge in [0.2, 0.25) is 5.91 Å². The summed E-state index contributed by atoms with van der Waals surface area (Å²) >= 11 is 0. The summed E-state index contributed by atoms with van der Waals surface area (Å²) < 4.78 is 0. The second-order valence-electron chi connectivity index (χ2n) is 6.17. The van der Waals surface area contributed by atoms with Crippen molar-refractivity contribution in [2.45, 2.75) is 39.2 Å². The highest BCUT2D eigenvalue weighted by Gasteiger charge is 2.34. The van der Waals surface area contributed by atoms with Crippen LogP contribution in [0.5, 0.6) is 0 Å². The maximum absolute atomic E-state index is 12.2. The molecule has 0 aliphatic heterocycles. The minimum atomic E-state index is -0.774. The minimum absolute atomic E-state index is 0.0179. The maximum Gasteiger partial charge on any atom is 0.306 e. The first-order valence-corrected chi connectivity index (χ1v) is 6.99. The molecule has 110 valence electrons. The molecular weight excluding hydrogens is 244 g/mol. The van der Waals surface area contributed by atoms with Gasteiger partial charge >= 0.3 is 5.97 Å². The maximum atomic E-state index is 12.2. The van der Waals surface area contributed by atoms with Crippen molar-refractivity contribution in [2.75, 3.05) is 20.6 Å². The number of carbonyl (C=O) groups excluding carboxylic acids is 1. The van der Waals surface area contributed by atoms with Gasteiger partial charge in [-0.2, -0.15) is 0 Å². The lowest BCUT2D eigenvalue weighted by Crippen LogP contribution is -2.46. The monoisotopic (exact) mass is 270 g/mol. The van der Waals surface area contributed by atoms with E-state index < -0.39 is 5.97 Å². The highest BCUT2D eigenvalue weighted by molar-refractivity contribution is 5.81. The van der Waals surface area contributed by atoms with Crippen LogP contribution in [0.2, 0.25) is 0 Å². The Kier molecular flexibility index (Phi) is 5.79. The average molecular weight is 270 g/mol. The number of nitrogens with zero attached hydrogens (tertiary/aromatic N) is 1. The number of aliphatic carboxylic acids is 1. The van der Waals surface area contributed by atoms with E-state index in [0.29, 0.717) is 25.2 Å². The molecule has 0 radical (unpaired) electrons. The van der Waals surface area contributed by atoms with Gasteiger partial charge in [-0.05, 0) is 39.3 Å². The summed E-state index contributed by atoms with van der Waals surface area (Å²) in [7, 11) is 3.97. The summed E-state index contributed by atoms with van der Waals surface area (Å²) in [6.45, 7) is 4.98. The Hall–Kier alpha value is -1.10. The Bertz CT molecular complexity index is 329. The Labute approximate surface area is 115 Å². The molecule has 1 aliphatic carbocycles. The van der Waals surface area contributed by atoms with Gasteiger partial charge in [-0.3, -0.25) is 9.59 Å². The van der Waals surface area contributed by atoms with E-state index in [0.717, 1.165) is 6.54 Å². The van der Waals surface area contributed by atoms with E-state index in [1.807, 2.05) is 14.1 Å². The van der Waals surface area contributed by atoms with Crippen molar-refractivity contribution >= 4 is 11.9 Å². The molecule has 1 saturated carbocycles. The van der Waals surface area contributed by atoms with E-state index >= 15 is 0 Å². The topological polar surface area (TPSA) is 69.6 Å². The highest BCUT2D eigenvalue weighted by Crippen LogP contribution is 2.31. The predicted molar refractivity (Wildman–Crippen MR) is 73.8 cm³/mol. The van der Waals surface area contributed by atoms with E-state index in [9.17, 15) is 9.59 Å². The summed E-state index contributed by atoms with van der Waals surface area (Å²) in [6, 6.07) is 0.117. The fourth-order valence-electron chi connectivity index (χ4n) is 2.56. The van der Waals surface area contributed by atoms with Crippen molar-refractivity contribution in [1.29, 1.82) is 0 Å². The lowest BCUT2D eigenvalue weighted by molar-refractivity contribution is -0.141. The molecular formula is C14H26N2O3. The largest absolute Gasteiger partial charge is 0.481 e. The highest BCUT2D eigenvalue weighted by atomic mass is 16.4. The second kappa shape index (κ2) is 6.89. The van der Waals surface area contributed by atoms with Crippen molar-refractivity contribution in [3.63, 3.8) is 0 Å². The molecule has 0 saturated heterocycles. The first kappa shape index (κ1) is 16.0. The van der Waals surface area contributed by atoms with Crippen molar-refractivity contribution in [3.8, 4) is 0 Å². The van der Waals surface area contributed by atoms with E-state index in [4.69, 9.17) is 5.11 Å². The van der Waals surface area contributed by atoms with Gasteiger partial charge in [0.1, 0.15) is 0 Å². The summed E-state index contributed by atoms with van der Waals surface area (Å²) in [4.78, 5) is 25.1. The Balaban J connectivity index is 2.51. The molecule has 1 rings (SSSR count). The quantitative estimate of drug-likeness (QED) is 0.760. The van der Waals surface area contributed by atoms with Crippen LogP contribution in [0.1, 0.15) is 33.1 Å². The van der Waals surface area contributed by atoms with Crippen LogP contribution < -0.4 is 5.32 Å². The standard InChI is InChI=1S/C14H26N2O3/c1-9(2)12(8-16(3)4)15-13(17)10-5-6-11(7-10)14(18)19/h9-12H,5-8H2,1-4H3,(H,15,17)(H,18,19). The number of hydrogen-bond acceptors (Lipinski definition) is 3. The van der Waals surface area contributed by atoms with Crippen molar-refractivity contribution in [1.82, 2.24) is 10.2 Å². The summed E-state index contributed by atoms with van der Waals surface area (Å²) in [5.74, 6) is -0.872. The van der Waals surface area contributed by atoms with E-state index in [-0.39, 0.29) is 23.8 Å². The van der Waals surface area contributed by atoms with Gasteiger partial charge in [0.25, 0.3) is 0 Å². The molecule has 2 N–H and O–H groups in total. The number of amides is 1. The molecule has 1 fully saturated rings. The molecule has 3 unspecified atom stereocenters. The zero-order valence-corrected chi connectivity index (χ0v) is 12.3. The normalized spacial score (nSPS) is 24.7. The van der Waals surface area contributed by atoms with E-state index in [1.165, 1.54) is 0 Å². The fraction of sp³-hybridized carbons (Fsp3) is 0.857. The third kappa shape index (κ3) is 4.82. The molecule has 5 heteroatoms. The second-order valence-corrected chi connectivity index (χ2v) is 6.17. The number of rotatable bonds is 6. The van der Waals surface area contributed by atoms with Gasteiger partial charge in [-0.15, -0.1) is 0 Å². The van der Waals surface area contributed by atoms with Gasteiger partial charge in [0, 0.05) is 18.5 Å². The number of carboxylic acids is 1. The van der Waals surface area contributed by atoms with E-state index in [1.54, 1.807) is 0 Å². The molecule has 0 aromatic rings. The smallest absolute Gasteiger partial charge is 0.306 e. The van der Waals surface area contributed by atoms with Gasteiger partial charge in [-0.1, -0.05) is 13.8 Å². The fourth-order valence-corrected chi connectivity index (χ4v) is 2.56. The van der Waals surface area contributed by atoms with E-state index in [2.05, 4.69) is 24.1 Å². The van der Waals surface area contributed by atoms with Gasteiger partial charge < -0.3 is 15.3 Å². The molecule has 0 bridgehead atoms. The van der Waals surface area contributed by atoms with Gasteiger partial charge in [0.15, 0.2) is 0 Å². The van der Waals surface area contributed by atoms with Crippen molar-refractivity contribution < 1.29 is 14.7 Å². The summed E-state index contributed by atoms with van der Waals surface area (Å²) in [5, 5.41) is 12.0. The SMILES string of the molecule is CC(C)C(CN(C)C)NC(=O)C1CCC(C(=O)O)C1. The van der Waals surface area contributed by atoms with Crippen LogP contribution in [0.4, 0.5) is 0 Å². The third-order valence-electron chi connectivity index (χ3n) is 3.85. The first-order valence-electron chi connectivity index (χ1n) is 6.99. The molecule has 1 amide bonds.